The van der Waals surface area contributed by atoms with Gasteiger partial charge in [0.05, 0.1) is 27.8 Å². The van der Waals surface area contributed by atoms with E-state index in [2.05, 4.69) is 96.4 Å². The van der Waals surface area contributed by atoms with Gasteiger partial charge in [0.2, 0.25) is 0 Å². The van der Waals surface area contributed by atoms with Crippen LogP contribution in [0.15, 0.2) is 180 Å². The average molecular weight is 639 g/mol. The molecule has 2 heterocycles. The van der Waals surface area contributed by atoms with Crippen LogP contribution in [0.2, 0.25) is 5.02 Å². The molecule has 0 amide bonds. The minimum atomic E-state index is -1.35. The topological polar surface area (TPSA) is 42.5 Å². The molecule has 230 valence electrons. The normalized spacial score (nSPS) is 13.6. The first-order valence-electron chi connectivity index (χ1n) is 16.0. The molecule has 0 atom stereocenters. The Hall–Kier alpha value is -5.84. The van der Waals surface area contributed by atoms with E-state index in [0.717, 1.165) is 67.6 Å². The number of rotatable bonds is 7. The maximum absolute atomic E-state index is 7.21. The van der Waals surface area contributed by atoms with Gasteiger partial charge in [0, 0.05) is 33.4 Å². The van der Waals surface area contributed by atoms with Gasteiger partial charge < -0.3 is 0 Å². The lowest BCUT2D eigenvalue weighted by Gasteiger charge is -2.30. The van der Waals surface area contributed by atoms with Crippen LogP contribution in [0, 0.1) is 6.92 Å². The van der Waals surface area contributed by atoms with Crippen molar-refractivity contribution in [2.24, 2.45) is 9.98 Å². The molecule has 8 rings (SSSR count). The molecule has 0 aliphatic carbocycles. The SMILES string of the molecule is Cc1ccccc1-c1nc(-c2ccccc2)c(-c2ccccc2)n1C1(c2ccccc2Cl)N=C(c2ccccc2)C(c2ccccc2)=N1. The Morgan fingerprint density at radius 3 is 1.50 bits per heavy atom. The summed E-state index contributed by atoms with van der Waals surface area (Å²) in [6.45, 7) is 2.12. The molecule has 7 aromatic rings. The molecule has 0 bridgehead atoms. The maximum atomic E-state index is 7.21. The van der Waals surface area contributed by atoms with Gasteiger partial charge in [-0.2, -0.15) is 0 Å². The monoisotopic (exact) mass is 638 g/mol. The number of nitrogens with zero attached hydrogens (tertiary/aromatic N) is 4. The number of hydrogen-bond donors (Lipinski definition) is 0. The molecule has 0 spiro atoms. The Morgan fingerprint density at radius 2 is 0.958 bits per heavy atom. The summed E-state index contributed by atoms with van der Waals surface area (Å²) in [5.74, 6) is -0.600. The van der Waals surface area contributed by atoms with Gasteiger partial charge in [-0.05, 0) is 18.6 Å². The molecule has 5 heteroatoms. The molecule has 0 N–H and O–H groups in total. The van der Waals surface area contributed by atoms with Crippen molar-refractivity contribution in [3.8, 4) is 33.9 Å². The van der Waals surface area contributed by atoms with Crippen LogP contribution in [-0.2, 0) is 5.79 Å². The number of hydrogen-bond acceptors (Lipinski definition) is 3. The summed E-state index contributed by atoms with van der Waals surface area (Å²) in [6.07, 6.45) is 0. The number of benzene rings is 6. The highest BCUT2D eigenvalue weighted by Crippen LogP contribution is 2.48. The van der Waals surface area contributed by atoms with Gasteiger partial charge >= 0.3 is 0 Å². The minimum Gasteiger partial charge on any atom is -0.275 e. The van der Waals surface area contributed by atoms with Crippen LogP contribution in [0.25, 0.3) is 33.9 Å². The average Bonchev–Trinajstić information content (AvgIpc) is 3.75. The second kappa shape index (κ2) is 12.4. The lowest BCUT2D eigenvalue weighted by molar-refractivity contribution is 0.409. The Kier molecular flexibility index (Phi) is 7.64. The van der Waals surface area contributed by atoms with E-state index in [9.17, 15) is 0 Å². The number of aliphatic imine (C=N–C) groups is 2. The van der Waals surface area contributed by atoms with E-state index in [-0.39, 0.29) is 0 Å². The predicted molar refractivity (Wildman–Crippen MR) is 198 cm³/mol. The van der Waals surface area contributed by atoms with Crippen molar-refractivity contribution < 1.29 is 0 Å². The zero-order valence-electron chi connectivity index (χ0n) is 26.3. The van der Waals surface area contributed by atoms with E-state index in [1.165, 1.54) is 0 Å². The van der Waals surface area contributed by atoms with Crippen molar-refractivity contribution in [2.75, 3.05) is 0 Å². The van der Waals surface area contributed by atoms with E-state index < -0.39 is 5.79 Å². The quantitative estimate of drug-likeness (QED) is 0.171. The van der Waals surface area contributed by atoms with Crippen LogP contribution in [0.5, 0.6) is 0 Å². The maximum Gasteiger partial charge on any atom is 0.263 e. The summed E-state index contributed by atoms with van der Waals surface area (Å²) in [5, 5.41) is 0.566. The smallest absolute Gasteiger partial charge is 0.263 e. The van der Waals surface area contributed by atoms with Gasteiger partial charge in [-0.15, -0.1) is 0 Å². The van der Waals surface area contributed by atoms with Gasteiger partial charge in [-0.3, -0.25) is 4.57 Å². The second-order valence-electron chi connectivity index (χ2n) is 11.8. The summed E-state index contributed by atoms with van der Waals surface area (Å²) in [7, 11) is 0. The molecule has 1 aliphatic rings. The van der Waals surface area contributed by atoms with Gasteiger partial charge in [0.25, 0.3) is 5.79 Å². The van der Waals surface area contributed by atoms with Crippen LogP contribution in [-0.4, -0.2) is 21.0 Å². The Balaban J connectivity index is 1.59. The van der Waals surface area contributed by atoms with Gasteiger partial charge in [-0.1, -0.05) is 175 Å². The van der Waals surface area contributed by atoms with Crippen molar-refractivity contribution in [3.63, 3.8) is 0 Å². The Morgan fingerprint density at radius 1 is 0.500 bits per heavy atom. The molecule has 6 aromatic carbocycles. The first-order chi connectivity index (χ1) is 23.6. The van der Waals surface area contributed by atoms with Crippen LogP contribution in [0.4, 0.5) is 0 Å². The van der Waals surface area contributed by atoms with Crippen molar-refractivity contribution in [3.05, 3.63) is 197 Å². The van der Waals surface area contributed by atoms with E-state index in [1.54, 1.807) is 0 Å². The summed E-state index contributed by atoms with van der Waals surface area (Å²) in [6, 6.07) is 57.5. The number of aryl methyl sites for hydroxylation is 1. The fourth-order valence-corrected chi connectivity index (χ4v) is 6.76. The summed E-state index contributed by atoms with van der Waals surface area (Å²) >= 11 is 7.21. The van der Waals surface area contributed by atoms with Gasteiger partial charge in [0.1, 0.15) is 5.82 Å². The molecule has 1 aromatic heterocycles. The third-order valence-corrected chi connectivity index (χ3v) is 9.09. The summed E-state index contributed by atoms with van der Waals surface area (Å²) in [5.41, 5.74) is 10.1. The first-order valence-corrected chi connectivity index (χ1v) is 16.4. The van der Waals surface area contributed by atoms with E-state index in [4.69, 9.17) is 26.6 Å². The third kappa shape index (κ3) is 5.07. The molecule has 48 heavy (non-hydrogen) atoms. The number of aromatic nitrogens is 2. The zero-order chi connectivity index (χ0) is 32.5. The van der Waals surface area contributed by atoms with Crippen LogP contribution in [0.1, 0.15) is 22.3 Å². The molecule has 4 nitrogen and oxygen atoms in total. The lowest BCUT2D eigenvalue weighted by atomic mass is 10.0. The van der Waals surface area contributed by atoms with Gasteiger partial charge in [-0.25, -0.2) is 15.0 Å². The standard InChI is InChI=1S/C43H31ClN4/c1-30-18-14-15-27-35(30)42-45-40(33-23-10-4-11-24-33)41(34-25-12-5-13-26-34)48(42)43(36-28-16-17-29-37(36)44)46-38(31-19-6-2-7-20-31)39(47-43)32-21-8-3-9-22-32/h2-29H,1H3. The Labute approximate surface area is 285 Å². The van der Waals surface area contributed by atoms with Crippen LogP contribution in [0.3, 0.4) is 0 Å². The largest absolute Gasteiger partial charge is 0.275 e. The highest BCUT2D eigenvalue weighted by Gasteiger charge is 2.46. The van der Waals surface area contributed by atoms with Crippen molar-refractivity contribution >= 4 is 23.0 Å². The van der Waals surface area contributed by atoms with E-state index in [1.807, 2.05) is 84.9 Å². The molecule has 0 fully saturated rings. The first kappa shape index (κ1) is 29.6. The fourth-order valence-electron chi connectivity index (χ4n) is 6.50. The fraction of sp³-hybridized carbons (Fsp3) is 0.0465. The van der Waals surface area contributed by atoms with Crippen molar-refractivity contribution in [1.29, 1.82) is 0 Å². The molecule has 0 saturated carbocycles. The number of imidazole rings is 1. The third-order valence-electron chi connectivity index (χ3n) is 8.76. The molecule has 0 radical (unpaired) electrons. The second-order valence-corrected chi connectivity index (χ2v) is 12.2. The number of halogens is 1. The molecule has 0 unspecified atom stereocenters. The molecule has 0 saturated heterocycles. The van der Waals surface area contributed by atoms with Gasteiger partial charge in [0.15, 0.2) is 0 Å². The van der Waals surface area contributed by atoms with E-state index in [0.29, 0.717) is 5.02 Å². The van der Waals surface area contributed by atoms with Crippen LogP contribution < -0.4 is 0 Å². The van der Waals surface area contributed by atoms with E-state index >= 15 is 0 Å². The lowest BCUT2D eigenvalue weighted by Crippen LogP contribution is -2.32. The summed E-state index contributed by atoms with van der Waals surface area (Å²) in [4.78, 5) is 16.9. The highest BCUT2D eigenvalue weighted by atomic mass is 35.5. The Bertz CT molecular complexity index is 2230. The zero-order valence-corrected chi connectivity index (χ0v) is 27.1. The molecular weight excluding hydrogens is 608 g/mol. The van der Waals surface area contributed by atoms with Crippen LogP contribution >= 0.6 is 11.6 Å². The summed E-state index contributed by atoms with van der Waals surface area (Å²) < 4.78 is 2.22. The highest BCUT2D eigenvalue weighted by molar-refractivity contribution is 6.54. The minimum absolute atomic E-state index is 0.566. The molecular formula is C43H31ClN4. The molecule has 1 aliphatic heterocycles. The predicted octanol–water partition coefficient (Wildman–Crippen LogP) is 10.5. The van der Waals surface area contributed by atoms with Crippen molar-refractivity contribution in [1.82, 2.24) is 9.55 Å². The van der Waals surface area contributed by atoms with Crippen molar-refractivity contribution in [2.45, 2.75) is 12.7 Å².